The molecule has 4 rings (SSSR count). The summed E-state index contributed by atoms with van der Waals surface area (Å²) in [6.07, 6.45) is 0. The predicted molar refractivity (Wildman–Crippen MR) is 116 cm³/mol. The summed E-state index contributed by atoms with van der Waals surface area (Å²) in [5.74, 6) is 2.03. The molecule has 0 saturated carbocycles. The number of guanidine groups is 1. The van der Waals surface area contributed by atoms with Gasteiger partial charge in [0.05, 0.1) is 22.9 Å². The minimum Gasteiger partial charge on any atom is -0.454 e. The fourth-order valence-corrected chi connectivity index (χ4v) is 4.70. The van der Waals surface area contributed by atoms with Gasteiger partial charge in [0.2, 0.25) is 5.96 Å². The molecule has 0 amide bonds. The van der Waals surface area contributed by atoms with Crippen molar-refractivity contribution in [2.45, 2.75) is 18.4 Å². The van der Waals surface area contributed by atoms with Crippen LogP contribution in [0.3, 0.4) is 0 Å². The molecule has 0 bridgehead atoms. The highest BCUT2D eigenvalue weighted by Gasteiger charge is 2.21. The third-order valence-corrected chi connectivity index (χ3v) is 6.47. The summed E-state index contributed by atoms with van der Waals surface area (Å²) in [7, 11) is -0.278. The van der Waals surface area contributed by atoms with Gasteiger partial charge < -0.3 is 14.8 Å². The number of hydrogen-bond donors (Lipinski definition) is 2. The van der Waals surface area contributed by atoms with Gasteiger partial charge in [-0.1, -0.05) is 40.5 Å². The molecule has 8 heteroatoms. The van der Waals surface area contributed by atoms with Crippen molar-refractivity contribution in [3.05, 3.63) is 64.6 Å². The van der Waals surface area contributed by atoms with Gasteiger partial charge in [0.15, 0.2) is 5.75 Å². The Labute approximate surface area is 169 Å². The summed E-state index contributed by atoms with van der Waals surface area (Å²) in [6.45, 7) is 2.55. The third-order valence-electron chi connectivity index (χ3n) is 3.86. The Morgan fingerprint density at radius 2 is 2.04 bits per heavy atom. The minimum atomic E-state index is -0.278. The summed E-state index contributed by atoms with van der Waals surface area (Å²) in [5.41, 5.74) is 1.84. The van der Waals surface area contributed by atoms with Crippen LogP contribution in [0, 0.1) is 0 Å². The molecule has 5 nitrogen and oxygen atoms in total. The topological polar surface area (TPSA) is 58.5 Å². The number of aromatic nitrogens is 1. The van der Waals surface area contributed by atoms with Gasteiger partial charge in [-0.25, -0.2) is 4.99 Å². The van der Waals surface area contributed by atoms with Crippen LogP contribution in [0.5, 0.6) is 11.5 Å². The molecule has 2 aromatic carbocycles. The SMILES string of the molecule is C/C=S1\NC(=NCc2ccsn2)Nc2c(Oc3ccccc3Cl)cccc21. The number of para-hydroxylation sites is 2. The lowest BCUT2D eigenvalue weighted by Crippen LogP contribution is -2.31. The van der Waals surface area contributed by atoms with Crippen LogP contribution in [0.1, 0.15) is 12.6 Å². The van der Waals surface area contributed by atoms with E-state index < -0.39 is 0 Å². The maximum absolute atomic E-state index is 6.26. The molecule has 0 spiro atoms. The van der Waals surface area contributed by atoms with Gasteiger partial charge in [-0.15, -0.1) is 0 Å². The molecule has 0 radical (unpaired) electrons. The van der Waals surface area contributed by atoms with E-state index in [0.717, 1.165) is 16.3 Å². The zero-order valence-corrected chi connectivity index (χ0v) is 16.9. The second-order valence-corrected chi connectivity index (χ2v) is 8.48. The molecule has 3 aromatic rings. The van der Waals surface area contributed by atoms with Crippen molar-refractivity contribution in [2.24, 2.45) is 4.99 Å². The van der Waals surface area contributed by atoms with E-state index in [1.165, 1.54) is 11.5 Å². The van der Waals surface area contributed by atoms with Crippen molar-refractivity contribution in [1.29, 1.82) is 0 Å². The second kappa shape index (κ2) is 8.12. The van der Waals surface area contributed by atoms with E-state index >= 15 is 0 Å². The lowest BCUT2D eigenvalue weighted by atomic mass is 10.2. The highest BCUT2D eigenvalue weighted by molar-refractivity contribution is 8.14. The normalized spacial score (nSPS) is 17.3. The van der Waals surface area contributed by atoms with Crippen LogP contribution in [0.2, 0.25) is 5.02 Å². The van der Waals surface area contributed by atoms with E-state index in [1.54, 1.807) is 0 Å². The van der Waals surface area contributed by atoms with Crippen molar-refractivity contribution in [3.8, 4) is 11.5 Å². The first-order valence-electron chi connectivity index (χ1n) is 8.30. The van der Waals surface area contributed by atoms with Gasteiger partial charge >= 0.3 is 0 Å². The molecular weight excluding hydrogens is 400 g/mol. The number of rotatable bonds is 4. The van der Waals surface area contributed by atoms with Crippen molar-refractivity contribution in [2.75, 3.05) is 5.32 Å². The zero-order valence-electron chi connectivity index (χ0n) is 14.5. The van der Waals surface area contributed by atoms with Gasteiger partial charge in [-0.3, -0.25) is 0 Å². The summed E-state index contributed by atoms with van der Waals surface area (Å²) < 4.78 is 13.8. The first-order chi connectivity index (χ1) is 13.2. The number of hydrogen-bond acceptors (Lipinski definition) is 4. The molecule has 1 aliphatic heterocycles. The van der Waals surface area contributed by atoms with Crippen LogP contribution in [0.4, 0.5) is 5.69 Å². The van der Waals surface area contributed by atoms with Gasteiger partial charge in [0.1, 0.15) is 5.75 Å². The molecule has 138 valence electrons. The van der Waals surface area contributed by atoms with Crippen LogP contribution in [0.25, 0.3) is 0 Å². The number of aliphatic imine (C=N–C) groups is 1. The summed E-state index contributed by atoms with van der Waals surface area (Å²) in [6, 6.07) is 15.4. The minimum absolute atomic E-state index is 0.278. The Bertz CT molecular complexity index is 1020. The van der Waals surface area contributed by atoms with Crippen LogP contribution in [0.15, 0.2) is 63.8 Å². The Morgan fingerprint density at radius 1 is 1.19 bits per heavy atom. The van der Waals surface area contributed by atoms with Crippen LogP contribution < -0.4 is 14.8 Å². The quantitative estimate of drug-likeness (QED) is 0.549. The Morgan fingerprint density at radius 3 is 2.81 bits per heavy atom. The number of ether oxygens (including phenoxy) is 1. The molecule has 1 unspecified atom stereocenters. The molecule has 27 heavy (non-hydrogen) atoms. The Balaban J connectivity index is 1.68. The average molecular weight is 417 g/mol. The van der Waals surface area contributed by atoms with Crippen molar-refractivity contribution >= 4 is 50.8 Å². The van der Waals surface area contributed by atoms with Crippen LogP contribution in [-0.2, 0) is 6.54 Å². The van der Waals surface area contributed by atoms with E-state index in [-0.39, 0.29) is 10.7 Å². The van der Waals surface area contributed by atoms with Crippen molar-refractivity contribution in [3.63, 3.8) is 0 Å². The number of halogens is 1. The number of anilines is 1. The molecule has 1 aromatic heterocycles. The molecular formula is C19H17ClN4OS2. The second-order valence-electron chi connectivity index (χ2n) is 5.62. The number of nitrogens with one attached hydrogen (secondary N) is 2. The maximum Gasteiger partial charge on any atom is 0.206 e. The van der Waals surface area contributed by atoms with E-state index in [9.17, 15) is 0 Å². The van der Waals surface area contributed by atoms with E-state index in [0.29, 0.717) is 29.0 Å². The smallest absolute Gasteiger partial charge is 0.206 e. The first-order valence-corrected chi connectivity index (χ1v) is 10.8. The van der Waals surface area contributed by atoms with Gasteiger partial charge in [0, 0.05) is 10.3 Å². The van der Waals surface area contributed by atoms with Crippen LogP contribution in [-0.4, -0.2) is 15.7 Å². The van der Waals surface area contributed by atoms with Gasteiger partial charge in [-0.05, 0) is 54.2 Å². The summed E-state index contributed by atoms with van der Waals surface area (Å²) >= 11 is 7.68. The van der Waals surface area contributed by atoms with Crippen LogP contribution >= 0.6 is 33.8 Å². The fraction of sp³-hybridized carbons (Fsp3) is 0.105. The van der Waals surface area contributed by atoms with Crippen molar-refractivity contribution in [1.82, 2.24) is 9.10 Å². The molecule has 0 saturated heterocycles. The van der Waals surface area contributed by atoms with Gasteiger partial charge in [0.25, 0.3) is 0 Å². The van der Waals surface area contributed by atoms with E-state index in [4.69, 9.17) is 16.3 Å². The van der Waals surface area contributed by atoms with Crippen molar-refractivity contribution < 1.29 is 4.74 Å². The van der Waals surface area contributed by atoms with E-state index in [2.05, 4.69) is 30.8 Å². The highest BCUT2D eigenvalue weighted by atomic mass is 35.5. The summed E-state index contributed by atoms with van der Waals surface area (Å²) in [4.78, 5) is 5.75. The summed E-state index contributed by atoms with van der Waals surface area (Å²) in [5, 5.41) is 8.01. The average Bonchev–Trinajstić information content (AvgIpc) is 3.21. The zero-order chi connectivity index (χ0) is 18.6. The predicted octanol–water partition coefficient (Wildman–Crippen LogP) is 5.53. The lowest BCUT2D eigenvalue weighted by molar-refractivity contribution is 0.484. The Hall–Kier alpha value is -2.35. The third kappa shape index (κ3) is 4.00. The number of benzene rings is 2. The molecule has 1 atom stereocenters. The highest BCUT2D eigenvalue weighted by Crippen LogP contribution is 2.42. The number of fused-ring (bicyclic) bond motifs is 1. The molecule has 2 heterocycles. The largest absolute Gasteiger partial charge is 0.454 e. The van der Waals surface area contributed by atoms with Gasteiger partial charge in [-0.2, -0.15) is 4.37 Å². The standard InChI is InChI=1S/C19H17ClN4OS2/c1-2-27-17-9-5-8-16(25-15-7-4-3-6-14(15)20)18(17)22-19(24-27)21-12-13-10-11-26-23-13/h2-11H,12H2,1H3,(H2,21,22,24). The monoisotopic (exact) mass is 416 g/mol. The fourth-order valence-electron chi connectivity index (χ4n) is 2.59. The molecule has 2 N–H and O–H groups in total. The lowest BCUT2D eigenvalue weighted by Gasteiger charge is -2.26. The maximum atomic E-state index is 6.26. The molecule has 0 fully saturated rings. The molecule has 1 aliphatic rings. The Kier molecular flexibility index (Phi) is 5.42. The first kappa shape index (κ1) is 18.0. The van der Waals surface area contributed by atoms with E-state index in [1.807, 2.05) is 54.8 Å². The number of nitrogens with zero attached hydrogens (tertiary/aromatic N) is 2. The molecule has 0 aliphatic carbocycles.